The summed E-state index contributed by atoms with van der Waals surface area (Å²) >= 11 is 0. The molecule has 0 radical (unpaired) electrons. The molecule has 1 amide bonds. The van der Waals surface area contributed by atoms with Crippen molar-refractivity contribution in [3.8, 4) is 0 Å². The number of hydrogen-bond donors (Lipinski definition) is 1. The van der Waals surface area contributed by atoms with Crippen LogP contribution in [0.2, 0.25) is 0 Å². The number of amides is 1. The van der Waals surface area contributed by atoms with Gasteiger partial charge in [0.25, 0.3) is 0 Å². The Bertz CT molecular complexity index is 720. The van der Waals surface area contributed by atoms with Gasteiger partial charge in [-0.25, -0.2) is 0 Å². The number of pyridine rings is 1. The SMILES string of the molecule is Cc1cc(N2CCC(CNC(=O)COCc3ccccc3)CC2)cc(C)n1. The molecular formula is C22H29N3O2. The van der Waals surface area contributed by atoms with E-state index in [2.05, 4.69) is 27.3 Å². The lowest BCUT2D eigenvalue weighted by atomic mass is 9.96. The fourth-order valence-electron chi connectivity index (χ4n) is 3.54. The van der Waals surface area contributed by atoms with Gasteiger partial charge in [-0.15, -0.1) is 0 Å². The minimum absolute atomic E-state index is 0.0336. The Morgan fingerprint density at radius 3 is 2.48 bits per heavy atom. The molecule has 0 bridgehead atoms. The van der Waals surface area contributed by atoms with Gasteiger partial charge in [0.2, 0.25) is 5.91 Å². The van der Waals surface area contributed by atoms with Gasteiger partial charge in [-0.05, 0) is 50.3 Å². The summed E-state index contributed by atoms with van der Waals surface area (Å²) in [5, 5.41) is 3.02. The van der Waals surface area contributed by atoms with Gasteiger partial charge in [0.1, 0.15) is 6.61 Å². The molecule has 5 heteroatoms. The summed E-state index contributed by atoms with van der Waals surface area (Å²) in [6, 6.07) is 14.2. The molecule has 144 valence electrons. The highest BCUT2D eigenvalue weighted by atomic mass is 16.5. The Morgan fingerprint density at radius 2 is 1.81 bits per heavy atom. The summed E-state index contributed by atoms with van der Waals surface area (Å²) in [6.45, 7) is 7.44. The van der Waals surface area contributed by atoms with E-state index in [0.29, 0.717) is 12.5 Å². The van der Waals surface area contributed by atoms with Crippen molar-refractivity contribution in [1.29, 1.82) is 0 Å². The first-order valence-electron chi connectivity index (χ1n) is 9.69. The summed E-state index contributed by atoms with van der Waals surface area (Å²) in [6.07, 6.45) is 2.18. The smallest absolute Gasteiger partial charge is 0.246 e. The van der Waals surface area contributed by atoms with Gasteiger partial charge >= 0.3 is 0 Å². The van der Waals surface area contributed by atoms with Crippen molar-refractivity contribution < 1.29 is 9.53 Å². The number of piperidine rings is 1. The number of hydrogen-bond acceptors (Lipinski definition) is 4. The fraction of sp³-hybridized carbons (Fsp3) is 0.455. The second-order valence-corrected chi connectivity index (χ2v) is 7.32. The molecule has 1 aliphatic heterocycles. The van der Waals surface area contributed by atoms with Gasteiger partial charge in [0.05, 0.1) is 6.61 Å². The molecule has 1 saturated heterocycles. The molecule has 1 N–H and O–H groups in total. The van der Waals surface area contributed by atoms with Crippen LogP contribution in [0.1, 0.15) is 29.8 Å². The molecule has 27 heavy (non-hydrogen) atoms. The first kappa shape index (κ1) is 19.4. The van der Waals surface area contributed by atoms with Crippen LogP contribution in [0.4, 0.5) is 5.69 Å². The molecular weight excluding hydrogens is 338 g/mol. The average molecular weight is 367 g/mol. The zero-order valence-corrected chi connectivity index (χ0v) is 16.3. The zero-order valence-electron chi connectivity index (χ0n) is 16.3. The van der Waals surface area contributed by atoms with Crippen LogP contribution >= 0.6 is 0 Å². The first-order valence-corrected chi connectivity index (χ1v) is 9.69. The van der Waals surface area contributed by atoms with Gasteiger partial charge in [-0.3, -0.25) is 9.78 Å². The minimum atomic E-state index is -0.0336. The summed E-state index contributed by atoms with van der Waals surface area (Å²) in [4.78, 5) is 18.9. The third-order valence-electron chi connectivity index (χ3n) is 4.98. The summed E-state index contributed by atoms with van der Waals surface area (Å²) in [5.74, 6) is 0.497. The molecule has 0 unspecified atom stereocenters. The van der Waals surface area contributed by atoms with Crippen molar-refractivity contribution in [2.45, 2.75) is 33.3 Å². The van der Waals surface area contributed by atoms with Crippen molar-refractivity contribution in [1.82, 2.24) is 10.3 Å². The van der Waals surface area contributed by atoms with Crippen LogP contribution in [0.5, 0.6) is 0 Å². The van der Waals surface area contributed by atoms with Crippen LogP contribution < -0.4 is 10.2 Å². The molecule has 5 nitrogen and oxygen atoms in total. The Morgan fingerprint density at radius 1 is 1.15 bits per heavy atom. The highest BCUT2D eigenvalue weighted by Gasteiger charge is 2.20. The summed E-state index contributed by atoms with van der Waals surface area (Å²) < 4.78 is 5.49. The van der Waals surface area contributed by atoms with E-state index in [4.69, 9.17) is 4.74 Å². The molecule has 1 aromatic heterocycles. The van der Waals surface area contributed by atoms with Crippen LogP contribution in [-0.4, -0.2) is 37.1 Å². The number of anilines is 1. The van der Waals surface area contributed by atoms with E-state index in [1.165, 1.54) is 5.69 Å². The number of carbonyl (C=O) groups excluding carboxylic acids is 1. The third kappa shape index (κ3) is 6.07. The monoisotopic (exact) mass is 367 g/mol. The molecule has 1 aliphatic rings. The van der Waals surface area contributed by atoms with E-state index >= 15 is 0 Å². The van der Waals surface area contributed by atoms with E-state index in [1.807, 2.05) is 44.2 Å². The quantitative estimate of drug-likeness (QED) is 0.816. The van der Waals surface area contributed by atoms with Gasteiger partial charge in [-0.1, -0.05) is 30.3 Å². The highest BCUT2D eigenvalue weighted by Crippen LogP contribution is 2.24. The van der Waals surface area contributed by atoms with E-state index in [1.54, 1.807) is 0 Å². The molecule has 2 aromatic rings. The van der Waals surface area contributed by atoms with E-state index in [0.717, 1.165) is 49.4 Å². The predicted molar refractivity (Wildman–Crippen MR) is 108 cm³/mol. The molecule has 2 heterocycles. The van der Waals surface area contributed by atoms with Crippen molar-refractivity contribution >= 4 is 11.6 Å². The number of nitrogens with zero attached hydrogens (tertiary/aromatic N) is 2. The molecule has 0 atom stereocenters. The van der Waals surface area contributed by atoms with Crippen LogP contribution in [-0.2, 0) is 16.1 Å². The maximum absolute atomic E-state index is 12.0. The van der Waals surface area contributed by atoms with Gasteiger partial charge in [-0.2, -0.15) is 0 Å². The number of ether oxygens (including phenoxy) is 1. The minimum Gasteiger partial charge on any atom is -0.371 e. The van der Waals surface area contributed by atoms with Crippen molar-refractivity contribution in [2.24, 2.45) is 5.92 Å². The maximum atomic E-state index is 12.0. The summed E-state index contributed by atoms with van der Waals surface area (Å²) in [5.41, 5.74) is 4.47. The first-order chi connectivity index (χ1) is 13.1. The number of carbonyl (C=O) groups is 1. The largest absolute Gasteiger partial charge is 0.371 e. The third-order valence-corrected chi connectivity index (χ3v) is 4.98. The van der Waals surface area contributed by atoms with Crippen LogP contribution in [0, 0.1) is 19.8 Å². The van der Waals surface area contributed by atoms with Crippen molar-refractivity contribution in [3.05, 3.63) is 59.4 Å². The van der Waals surface area contributed by atoms with E-state index in [9.17, 15) is 4.79 Å². The highest BCUT2D eigenvalue weighted by molar-refractivity contribution is 5.77. The fourth-order valence-corrected chi connectivity index (χ4v) is 3.54. The lowest BCUT2D eigenvalue weighted by molar-refractivity contribution is -0.126. The molecule has 1 aromatic carbocycles. The number of nitrogens with one attached hydrogen (secondary N) is 1. The maximum Gasteiger partial charge on any atom is 0.246 e. The lowest BCUT2D eigenvalue weighted by Gasteiger charge is -2.34. The second-order valence-electron chi connectivity index (χ2n) is 7.32. The van der Waals surface area contributed by atoms with E-state index in [-0.39, 0.29) is 12.5 Å². The zero-order chi connectivity index (χ0) is 19.1. The number of aryl methyl sites for hydroxylation is 2. The lowest BCUT2D eigenvalue weighted by Crippen LogP contribution is -2.39. The Labute approximate surface area is 161 Å². The average Bonchev–Trinajstić information content (AvgIpc) is 2.67. The normalized spacial score (nSPS) is 15.0. The van der Waals surface area contributed by atoms with Crippen molar-refractivity contribution in [3.63, 3.8) is 0 Å². The van der Waals surface area contributed by atoms with E-state index < -0.39 is 0 Å². The Balaban J connectivity index is 1.35. The Kier molecular flexibility index (Phi) is 6.82. The van der Waals surface area contributed by atoms with Gasteiger partial charge < -0.3 is 15.0 Å². The molecule has 0 spiro atoms. The standard InChI is InChI=1S/C22H29N3O2/c1-17-12-21(13-18(2)24-17)25-10-8-19(9-11-25)14-23-22(26)16-27-15-20-6-4-3-5-7-20/h3-7,12-13,19H,8-11,14-16H2,1-2H3,(H,23,26). The second kappa shape index (κ2) is 9.51. The molecule has 1 fully saturated rings. The molecule has 3 rings (SSSR count). The number of benzene rings is 1. The van der Waals surface area contributed by atoms with Crippen LogP contribution in [0.25, 0.3) is 0 Å². The number of aromatic nitrogens is 1. The van der Waals surface area contributed by atoms with Gasteiger partial charge in [0.15, 0.2) is 0 Å². The topological polar surface area (TPSA) is 54.5 Å². The van der Waals surface area contributed by atoms with Crippen molar-refractivity contribution in [2.75, 3.05) is 31.1 Å². The van der Waals surface area contributed by atoms with Crippen LogP contribution in [0.3, 0.4) is 0 Å². The molecule has 0 saturated carbocycles. The Hall–Kier alpha value is -2.40. The number of rotatable bonds is 7. The predicted octanol–water partition coefficient (Wildman–Crippen LogP) is 3.25. The molecule has 0 aliphatic carbocycles. The van der Waals surface area contributed by atoms with Gasteiger partial charge in [0, 0.05) is 36.7 Å². The van der Waals surface area contributed by atoms with Crippen LogP contribution in [0.15, 0.2) is 42.5 Å². The summed E-state index contributed by atoms with van der Waals surface area (Å²) in [7, 11) is 0.